The number of ether oxygens (including phenoxy) is 1. The molecule has 1 saturated carbocycles. The average molecular weight is 367 g/mol. The molecular formula is C22H29N3O2. The first-order valence-electron chi connectivity index (χ1n) is 9.74. The molecular weight excluding hydrogens is 338 g/mol. The van der Waals surface area contributed by atoms with Gasteiger partial charge < -0.3 is 4.74 Å². The van der Waals surface area contributed by atoms with Crippen LogP contribution in [0.2, 0.25) is 0 Å². The number of amidine groups is 1. The Hall–Kier alpha value is -2.40. The molecule has 1 aromatic carbocycles. The molecule has 5 heteroatoms. The molecule has 5 nitrogen and oxygen atoms in total. The van der Waals surface area contributed by atoms with E-state index in [-0.39, 0.29) is 0 Å². The smallest absolute Gasteiger partial charge is 0.230 e. The maximum Gasteiger partial charge on any atom is 0.230 e. The molecule has 1 fully saturated rings. The van der Waals surface area contributed by atoms with Gasteiger partial charge in [-0.1, -0.05) is 25.3 Å². The second-order valence-corrected chi connectivity index (χ2v) is 7.54. The summed E-state index contributed by atoms with van der Waals surface area (Å²) in [6.07, 6.45) is 6.28. The number of hydrogen-bond acceptors (Lipinski definition) is 4. The number of nitrogens with zero attached hydrogens (tertiary/aromatic N) is 2. The van der Waals surface area contributed by atoms with Crippen molar-refractivity contribution < 1.29 is 9.94 Å². The van der Waals surface area contributed by atoms with Crippen molar-refractivity contribution in [3.05, 3.63) is 52.7 Å². The van der Waals surface area contributed by atoms with Crippen LogP contribution in [-0.4, -0.2) is 22.6 Å². The molecule has 2 aromatic rings. The summed E-state index contributed by atoms with van der Waals surface area (Å²) in [6, 6.07) is 9.85. The van der Waals surface area contributed by atoms with Gasteiger partial charge in [0.25, 0.3) is 0 Å². The van der Waals surface area contributed by atoms with Crippen LogP contribution in [-0.2, 0) is 0 Å². The minimum atomic E-state index is 0.410. The molecule has 144 valence electrons. The first-order chi connectivity index (χ1) is 13.0. The van der Waals surface area contributed by atoms with Crippen LogP contribution in [0.15, 0.2) is 35.3 Å². The summed E-state index contributed by atoms with van der Waals surface area (Å²) in [5.74, 6) is 2.18. The number of pyridine rings is 1. The number of hydroxylamine groups is 1. The minimum Gasteiger partial charge on any atom is -0.438 e. The zero-order valence-corrected chi connectivity index (χ0v) is 16.5. The molecule has 0 saturated heterocycles. The molecule has 0 atom stereocenters. The van der Waals surface area contributed by atoms with Crippen LogP contribution in [0.3, 0.4) is 0 Å². The first kappa shape index (κ1) is 19.4. The molecule has 0 aliphatic heterocycles. The van der Waals surface area contributed by atoms with E-state index in [0.717, 1.165) is 22.6 Å². The van der Waals surface area contributed by atoms with Gasteiger partial charge in [-0.05, 0) is 74.9 Å². The fourth-order valence-corrected chi connectivity index (χ4v) is 3.67. The second kappa shape index (κ2) is 9.00. The van der Waals surface area contributed by atoms with Gasteiger partial charge in [-0.25, -0.2) is 4.98 Å². The van der Waals surface area contributed by atoms with E-state index in [2.05, 4.69) is 21.5 Å². The number of aryl methyl sites for hydroxylation is 3. The van der Waals surface area contributed by atoms with Crippen molar-refractivity contribution in [2.24, 2.45) is 10.9 Å². The summed E-state index contributed by atoms with van der Waals surface area (Å²) in [5.41, 5.74) is 6.03. The van der Waals surface area contributed by atoms with Crippen molar-refractivity contribution in [2.75, 3.05) is 6.54 Å². The van der Waals surface area contributed by atoms with Crippen molar-refractivity contribution in [3.63, 3.8) is 0 Å². The maximum absolute atomic E-state index is 9.69. The Kier molecular flexibility index (Phi) is 6.45. The third kappa shape index (κ3) is 5.30. The lowest BCUT2D eigenvalue weighted by molar-refractivity contribution is 0.233. The summed E-state index contributed by atoms with van der Waals surface area (Å²) < 4.78 is 6.08. The molecule has 3 rings (SSSR count). The molecule has 2 N–H and O–H groups in total. The number of rotatable bonds is 5. The normalized spacial score (nSPS) is 15.6. The Morgan fingerprint density at radius 3 is 2.48 bits per heavy atom. The first-order valence-corrected chi connectivity index (χ1v) is 9.74. The molecule has 1 aliphatic rings. The van der Waals surface area contributed by atoms with Crippen molar-refractivity contribution >= 4 is 5.84 Å². The SMILES string of the molecule is Cc1cc(C)cc(Oc2nc(C)ccc2C(=NCC2CCCCC2)NO)c1. The molecule has 0 spiro atoms. The van der Waals surface area contributed by atoms with E-state index in [0.29, 0.717) is 29.7 Å². The van der Waals surface area contributed by atoms with Gasteiger partial charge in [0.15, 0.2) is 5.84 Å². The van der Waals surface area contributed by atoms with E-state index in [1.165, 1.54) is 32.1 Å². The predicted octanol–water partition coefficient (Wildman–Crippen LogP) is 5.10. The lowest BCUT2D eigenvalue weighted by Crippen LogP contribution is -2.23. The standard InChI is InChI=1S/C22H29N3O2/c1-15-11-16(2)13-19(12-15)27-22-20(10-9-17(3)24-22)21(25-26)23-14-18-7-5-4-6-8-18/h9-13,18,26H,4-8,14H2,1-3H3,(H,23,25). The van der Waals surface area contributed by atoms with Crippen LogP contribution in [0.5, 0.6) is 11.6 Å². The monoisotopic (exact) mass is 367 g/mol. The molecule has 0 amide bonds. The van der Waals surface area contributed by atoms with Crippen LogP contribution >= 0.6 is 0 Å². The average Bonchev–Trinajstić information content (AvgIpc) is 2.63. The summed E-state index contributed by atoms with van der Waals surface area (Å²) in [7, 11) is 0. The van der Waals surface area contributed by atoms with E-state index in [4.69, 9.17) is 4.74 Å². The summed E-state index contributed by atoms with van der Waals surface area (Å²) in [5, 5.41) is 9.69. The Balaban J connectivity index is 1.87. The largest absolute Gasteiger partial charge is 0.438 e. The molecule has 1 aliphatic carbocycles. The van der Waals surface area contributed by atoms with Crippen LogP contribution in [0.25, 0.3) is 0 Å². The summed E-state index contributed by atoms with van der Waals surface area (Å²) in [4.78, 5) is 9.18. The molecule has 1 heterocycles. The number of benzene rings is 1. The van der Waals surface area contributed by atoms with Crippen LogP contribution in [0.4, 0.5) is 0 Å². The van der Waals surface area contributed by atoms with E-state index >= 15 is 0 Å². The van der Waals surface area contributed by atoms with Crippen LogP contribution < -0.4 is 10.2 Å². The Morgan fingerprint density at radius 2 is 1.81 bits per heavy atom. The number of nitrogens with one attached hydrogen (secondary N) is 1. The second-order valence-electron chi connectivity index (χ2n) is 7.54. The predicted molar refractivity (Wildman–Crippen MR) is 108 cm³/mol. The van der Waals surface area contributed by atoms with Gasteiger partial charge in [-0.15, -0.1) is 0 Å². The number of aromatic nitrogens is 1. The third-order valence-corrected chi connectivity index (χ3v) is 5.00. The van der Waals surface area contributed by atoms with Gasteiger partial charge in [-0.2, -0.15) is 0 Å². The number of hydrogen-bond donors (Lipinski definition) is 2. The minimum absolute atomic E-state index is 0.410. The fraction of sp³-hybridized carbons (Fsp3) is 0.455. The highest BCUT2D eigenvalue weighted by Crippen LogP contribution is 2.27. The van der Waals surface area contributed by atoms with Crippen molar-refractivity contribution in [1.82, 2.24) is 10.5 Å². The van der Waals surface area contributed by atoms with E-state index in [1.807, 2.05) is 45.0 Å². The molecule has 0 bridgehead atoms. The van der Waals surface area contributed by atoms with Crippen molar-refractivity contribution in [3.8, 4) is 11.6 Å². The van der Waals surface area contributed by atoms with Gasteiger partial charge in [0.1, 0.15) is 5.75 Å². The van der Waals surface area contributed by atoms with E-state index < -0.39 is 0 Å². The summed E-state index contributed by atoms with van der Waals surface area (Å²) in [6.45, 7) is 6.71. The third-order valence-electron chi connectivity index (χ3n) is 5.00. The highest BCUT2D eigenvalue weighted by molar-refractivity contribution is 6.00. The van der Waals surface area contributed by atoms with Gasteiger partial charge in [0, 0.05) is 12.2 Å². The molecule has 27 heavy (non-hydrogen) atoms. The van der Waals surface area contributed by atoms with Gasteiger partial charge in [-0.3, -0.25) is 15.7 Å². The molecule has 1 aromatic heterocycles. The molecule has 0 radical (unpaired) electrons. The lowest BCUT2D eigenvalue weighted by Gasteiger charge is -2.20. The molecule has 0 unspecified atom stereocenters. The Morgan fingerprint density at radius 1 is 1.11 bits per heavy atom. The van der Waals surface area contributed by atoms with Gasteiger partial charge in [0.2, 0.25) is 5.88 Å². The fourth-order valence-electron chi connectivity index (χ4n) is 3.67. The zero-order chi connectivity index (χ0) is 19.2. The van der Waals surface area contributed by atoms with Gasteiger partial charge in [0.05, 0.1) is 5.56 Å². The maximum atomic E-state index is 9.69. The highest BCUT2D eigenvalue weighted by Gasteiger charge is 2.16. The number of aliphatic imine (C=N–C) groups is 1. The van der Waals surface area contributed by atoms with E-state index in [9.17, 15) is 5.21 Å². The Bertz CT molecular complexity index is 791. The van der Waals surface area contributed by atoms with Gasteiger partial charge >= 0.3 is 0 Å². The summed E-state index contributed by atoms with van der Waals surface area (Å²) >= 11 is 0. The van der Waals surface area contributed by atoms with Crippen molar-refractivity contribution in [1.29, 1.82) is 0 Å². The van der Waals surface area contributed by atoms with Crippen LogP contribution in [0.1, 0.15) is 54.5 Å². The lowest BCUT2D eigenvalue weighted by atomic mass is 9.89. The van der Waals surface area contributed by atoms with Crippen LogP contribution in [0, 0.1) is 26.7 Å². The highest BCUT2D eigenvalue weighted by atomic mass is 16.5. The van der Waals surface area contributed by atoms with E-state index in [1.54, 1.807) is 0 Å². The Labute approximate surface area is 161 Å². The zero-order valence-electron chi connectivity index (χ0n) is 16.5. The van der Waals surface area contributed by atoms with Crippen molar-refractivity contribution in [2.45, 2.75) is 52.9 Å². The topological polar surface area (TPSA) is 66.7 Å². The quantitative estimate of drug-likeness (QED) is 0.438.